The minimum atomic E-state index is -3.80. The highest BCUT2D eigenvalue weighted by Gasteiger charge is 2.17. The highest BCUT2D eigenvalue weighted by Crippen LogP contribution is 2.20. The quantitative estimate of drug-likeness (QED) is 0.707. The largest absolute Gasteiger partial charge is 0.322 e. The molecule has 1 amide bonds. The molecule has 7 heteroatoms. The zero-order chi connectivity index (χ0) is 14.9. The van der Waals surface area contributed by atoms with Crippen molar-refractivity contribution in [3.8, 4) is 0 Å². The second kappa shape index (κ2) is 5.35. The van der Waals surface area contributed by atoms with Crippen molar-refractivity contribution >= 4 is 21.6 Å². The van der Waals surface area contributed by atoms with Gasteiger partial charge in [-0.15, -0.1) is 0 Å². The summed E-state index contributed by atoms with van der Waals surface area (Å²) in [5.74, 6) is -0.231. The van der Waals surface area contributed by atoms with Gasteiger partial charge in [0.05, 0.1) is 4.90 Å². The second-order valence-electron chi connectivity index (χ2n) is 4.81. The number of primary sulfonamides is 1. The van der Waals surface area contributed by atoms with Gasteiger partial charge >= 0.3 is 0 Å². The Hall–Kier alpha value is -1.70. The van der Waals surface area contributed by atoms with Gasteiger partial charge in [0.25, 0.3) is 5.91 Å². The van der Waals surface area contributed by atoms with Crippen LogP contribution in [0.3, 0.4) is 0 Å². The van der Waals surface area contributed by atoms with Crippen molar-refractivity contribution in [1.29, 1.82) is 0 Å². The summed E-state index contributed by atoms with van der Waals surface area (Å²) < 4.78 is 22.9. The lowest BCUT2D eigenvalue weighted by Crippen LogP contribution is -2.36. The Morgan fingerprint density at radius 1 is 1.35 bits per heavy atom. The number of rotatable bonds is 3. The molecule has 2 rings (SSSR count). The van der Waals surface area contributed by atoms with E-state index in [-0.39, 0.29) is 10.8 Å². The van der Waals surface area contributed by atoms with Gasteiger partial charge in [-0.3, -0.25) is 4.79 Å². The van der Waals surface area contributed by atoms with Crippen molar-refractivity contribution in [1.82, 2.24) is 5.32 Å². The lowest BCUT2D eigenvalue weighted by Gasteiger charge is -2.21. The standard InChI is InChI=1S/C13H17N3O3S/c1-8-3-4-11(5-12(8)20(14,18)19)16-13(17)9(2)10-6-15-7-10/h3-5,15H,6-7H2,1-2H3,(H,16,17)(H2,14,18,19). The van der Waals surface area contributed by atoms with E-state index in [1.807, 2.05) is 0 Å². The SMILES string of the molecule is CC(C(=O)Nc1ccc(C)c(S(N)(=O)=O)c1)=C1CNC1. The summed E-state index contributed by atoms with van der Waals surface area (Å²) in [5, 5.41) is 10.9. The van der Waals surface area contributed by atoms with Gasteiger partial charge in [-0.05, 0) is 37.1 Å². The van der Waals surface area contributed by atoms with Crippen LogP contribution in [0.15, 0.2) is 34.2 Å². The molecule has 1 saturated heterocycles. The first-order valence-electron chi connectivity index (χ1n) is 6.13. The number of carbonyl (C=O) groups excluding carboxylic acids is 1. The van der Waals surface area contributed by atoms with Crippen LogP contribution < -0.4 is 15.8 Å². The van der Waals surface area contributed by atoms with E-state index in [9.17, 15) is 13.2 Å². The average molecular weight is 295 g/mol. The fourth-order valence-electron chi connectivity index (χ4n) is 1.88. The predicted molar refractivity (Wildman–Crippen MR) is 76.8 cm³/mol. The van der Waals surface area contributed by atoms with E-state index < -0.39 is 10.0 Å². The van der Waals surface area contributed by atoms with E-state index >= 15 is 0 Å². The molecule has 1 aliphatic heterocycles. The molecule has 1 aromatic rings. The maximum atomic E-state index is 12.0. The minimum Gasteiger partial charge on any atom is -0.322 e. The topological polar surface area (TPSA) is 101 Å². The lowest BCUT2D eigenvalue weighted by atomic mass is 10.0. The predicted octanol–water partition coefficient (Wildman–Crippen LogP) is 0.501. The number of amides is 1. The number of hydrogen-bond acceptors (Lipinski definition) is 4. The van der Waals surface area contributed by atoms with Gasteiger partial charge in [0.15, 0.2) is 0 Å². The molecule has 0 radical (unpaired) electrons. The molecule has 0 aromatic heterocycles. The molecule has 20 heavy (non-hydrogen) atoms. The third-order valence-corrected chi connectivity index (χ3v) is 4.35. The maximum absolute atomic E-state index is 12.0. The number of aryl methyl sites for hydroxylation is 1. The number of nitrogens with two attached hydrogens (primary N) is 1. The Balaban J connectivity index is 2.25. The van der Waals surface area contributed by atoms with Gasteiger partial charge in [-0.2, -0.15) is 0 Å². The van der Waals surface area contributed by atoms with Gasteiger partial charge < -0.3 is 10.6 Å². The number of benzene rings is 1. The minimum absolute atomic E-state index is 0.0194. The molecule has 6 nitrogen and oxygen atoms in total. The fourth-order valence-corrected chi connectivity index (χ4v) is 2.69. The van der Waals surface area contributed by atoms with Crippen LogP contribution in [0.4, 0.5) is 5.69 Å². The molecule has 0 aliphatic carbocycles. The van der Waals surface area contributed by atoms with E-state index in [0.29, 0.717) is 16.8 Å². The van der Waals surface area contributed by atoms with E-state index in [2.05, 4.69) is 10.6 Å². The monoisotopic (exact) mass is 295 g/mol. The zero-order valence-electron chi connectivity index (χ0n) is 11.4. The highest BCUT2D eigenvalue weighted by molar-refractivity contribution is 7.89. The molecule has 0 atom stereocenters. The lowest BCUT2D eigenvalue weighted by molar-refractivity contribution is -0.112. The van der Waals surface area contributed by atoms with Gasteiger partial charge in [0.2, 0.25) is 10.0 Å². The van der Waals surface area contributed by atoms with Crippen LogP contribution in [0, 0.1) is 6.92 Å². The molecule has 108 valence electrons. The molecule has 4 N–H and O–H groups in total. The van der Waals surface area contributed by atoms with Crippen molar-refractivity contribution in [2.75, 3.05) is 18.4 Å². The Morgan fingerprint density at radius 2 is 2.00 bits per heavy atom. The Kier molecular flexibility index (Phi) is 3.94. The van der Waals surface area contributed by atoms with Crippen LogP contribution in [0.2, 0.25) is 0 Å². The highest BCUT2D eigenvalue weighted by atomic mass is 32.2. The first kappa shape index (κ1) is 14.7. The number of anilines is 1. The number of sulfonamides is 1. The van der Waals surface area contributed by atoms with E-state index in [1.165, 1.54) is 6.07 Å². The first-order chi connectivity index (χ1) is 9.29. The van der Waals surface area contributed by atoms with Crippen molar-refractivity contribution < 1.29 is 13.2 Å². The van der Waals surface area contributed by atoms with Crippen molar-refractivity contribution in [2.24, 2.45) is 5.14 Å². The van der Waals surface area contributed by atoms with Crippen LogP contribution in [-0.4, -0.2) is 27.4 Å². The molecule has 0 unspecified atom stereocenters. The molecule has 1 aliphatic rings. The van der Waals surface area contributed by atoms with Crippen molar-refractivity contribution in [2.45, 2.75) is 18.7 Å². The molecule has 0 spiro atoms. The van der Waals surface area contributed by atoms with E-state index in [0.717, 1.165) is 18.7 Å². The Morgan fingerprint density at radius 3 is 2.50 bits per heavy atom. The number of carbonyl (C=O) groups is 1. The molecular weight excluding hydrogens is 278 g/mol. The van der Waals surface area contributed by atoms with Crippen LogP contribution >= 0.6 is 0 Å². The molecular formula is C13H17N3O3S. The fraction of sp³-hybridized carbons (Fsp3) is 0.308. The van der Waals surface area contributed by atoms with E-state index in [4.69, 9.17) is 5.14 Å². The molecule has 0 bridgehead atoms. The normalized spacial score (nSPS) is 14.7. The summed E-state index contributed by atoms with van der Waals surface area (Å²) in [6.07, 6.45) is 0. The van der Waals surface area contributed by atoms with Crippen molar-refractivity contribution in [3.05, 3.63) is 34.9 Å². The smallest absolute Gasteiger partial charge is 0.251 e. The molecule has 1 aromatic carbocycles. The zero-order valence-corrected chi connectivity index (χ0v) is 12.2. The van der Waals surface area contributed by atoms with Gasteiger partial charge in [-0.1, -0.05) is 6.07 Å². The number of nitrogens with one attached hydrogen (secondary N) is 2. The molecule has 0 saturated carbocycles. The van der Waals surface area contributed by atoms with Gasteiger partial charge in [0.1, 0.15) is 0 Å². The van der Waals surface area contributed by atoms with Gasteiger partial charge in [-0.25, -0.2) is 13.6 Å². The third-order valence-electron chi connectivity index (χ3n) is 3.30. The maximum Gasteiger partial charge on any atom is 0.251 e. The summed E-state index contributed by atoms with van der Waals surface area (Å²) in [7, 11) is -3.80. The summed E-state index contributed by atoms with van der Waals surface area (Å²) in [6, 6.07) is 4.64. The van der Waals surface area contributed by atoms with Crippen LogP contribution in [0.25, 0.3) is 0 Å². The summed E-state index contributed by atoms with van der Waals surface area (Å²) in [5.41, 5.74) is 2.67. The van der Waals surface area contributed by atoms with Crippen LogP contribution in [-0.2, 0) is 14.8 Å². The van der Waals surface area contributed by atoms with Gasteiger partial charge in [0, 0.05) is 24.4 Å². The first-order valence-corrected chi connectivity index (χ1v) is 7.68. The Labute approximate surface area is 118 Å². The van der Waals surface area contributed by atoms with Crippen LogP contribution in [0.1, 0.15) is 12.5 Å². The summed E-state index contributed by atoms with van der Waals surface area (Å²) >= 11 is 0. The number of hydrogen-bond donors (Lipinski definition) is 3. The third kappa shape index (κ3) is 3.06. The van der Waals surface area contributed by atoms with Crippen LogP contribution in [0.5, 0.6) is 0 Å². The van der Waals surface area contributed by atoms with Crippen molar-refractivity contribution in [3.63, 3.8) is 0 Å². The molecule has 1 heterocycles. The van der Waals surface area contributed by atoms with E-state index in [1.54, 1.807) is 26.0 Å². The molecule has 1 fully saturated rings. The Bertz CT molecular complexity index is 687. The summed E-state index contributed by atoms with van der Waals surface area (Å²) in [4.78, 5) is 12.0. The average Bonchev–Trinajstić information content (AvgIpc) is 2.27. The summed E-state index contributed by atoms with van der Waals surface area (Å²) in [6.45, 7) is 4.84. The second-order valence-corrected chi connectivity index (χ2v) is 6.34.